The summed E-state index contributed by atoms with van der Waals surface area (Å²) < 4.78 is 25.2. The zero-order valence-corrected chi connectivity index (χ0v) is 15.5. The van der Waals surface area contributed by atoms with Gasteiger partial charge in [-0.25, -0.2) is 27.5 Å². The van der Waals surface area contributed by atoms with Crippen molar-refractivity contribution in [1.29, 1.82) is 0 Å². The normalized spacial score (nSPS) is 18.6. The van der Waals surface area contributed by atoms with Crippen molar-refractivity contribution in [2.45, 2.75) is 25.7 Å². The van der Waals surface area contributed by atoms with E-state index in [-0.39, 0.29) is 11.5 Å². The molecule has 1 atom stereocenters. The predicted octanol–water partition coefficient (Wildman–Crippen LogP) is 2.29. The number of aryl methyl sites for hydroxylation is 1. The molecule has 3 rings (SSSR count). The van der Waals surface area contributed by atoms with Crippen LogP contribution >= 0.6 is 0 Å². The molecule has 0 radical (unpaired) electrons. The molecule has 1 aliphatic heterocycles. The Morgan fingerprint density at radius 2 is 2.04 bits per heavy atom. The number of carboxylic acid groups (broad SMARTS) is 1. The molecule has 0 amide bonds. The van der Waals surface area contributed by atoms with Gasteiger partial charge in [-0.2, -0.15) is 0 Å². The molecule has 1 saturated heterocycles. The molecule has 2 heterocycles. The number of sulfonamides is 1. The molecule has 0 bridgehead atoms. The number of hydrogen-bond acceptors (Lipinski definition) is 5. The third kappa shape index (κ3) is 4.08. The van der Waals surface area contributed by atoms with Gasteiger partial charge in [-0.05, 0) is 38.0 Å². The third-order valence-corrected chi connectivity index (χ3v) is 5.76. The Morgan fingerprint density at radius 3 is 2.73 bits per heavy atom. The number of carbonyl (C=O) groups is 1. The lowest BCUT2D eigenvalue weighted by Gasteiger charge is -2.30. The summed E-state index contributed by atoms with van der Waals surface area (Å²) in [5.41, 5.74) is 2.31. The molecule has 26 heavy (non-hydrogen) atoms. The fourth-order valence-electron chi connectivity index (χ4n) is 3.19. The van der Waals surface area contributed by atoms with E-state index >= 15 is 0 Å². The molecule has 1 aromatic carbocycles. The van der Waals surface area contributed by atoms with E-state index in [1.807, 2.05) is 19.1 Å². The molecule has 0 saturated carbocycles. The van der Waals surface area contributed by atoms with Crippen LogP contribution in [-0.2, 0) is 10.0 Å². The van der Waals surface area contributed by atoms with Crippen LogP contribution in [-0.4, -0.2) is 53.1 Å². The van der Waals surface area contributed by atoms with E-state index in [0.717, 1.165) is 18.5 Å². The van der Waals surface area contributed by atoms with Crippen LogP contribution in [0.3, 0.4) is 0 Å². The standard InChI is InChI=1S/C18H21N3O4S/c1-12-9-16(13-5-3-6-14(10-13)18(22)23)20-17(19-12)15-7-4-8-21(11-15)26(2,24)25/h3,5-6,9-10,15H,4,7-8,11H2,1-2H3,(H,22,23). The number of aromatic carboxylic acids is 1. The van der Waals surface area contributed by atoms with Gasteiger partial charge in [-0.3, -0.25) is 0 Å². The van der Waals surface area contributed by atoms with E-state index in [1.54, 1.807) is 12.1 Å². The van der Waals surface area contributed by atoms with Crippen molar-refractivity contribution in [3.8, 4) is 11.3 Å². The molecular formula is C18H21N3O4S. The average Bonchev–Trinajstić information content (AvgIpc) is 2.60. The number of aromatic nitrogens is 2. The van der Waals surface area contributed by atoms with E-state index in [2.05, 4.69) is 9.97 Å². The van der Waals surface area contributed by atoms with Gasteiger partial charge >= 0.3 is 5.97 Å². The minimum atomic E-state index is -3.24. The summed E-state index contributed by atoms with van der Waals surface area (Å²) in [5.74, 6) is -0.456. The van der Waals surface area contributed by atoms with Gasteiger partial charge in [0, 0.05) is 30.3 Å². The van der Waals surface area contributed by atoms with E-state index in [0.29, 0.717) is 30.2 Å². The molecule has 1 aliphatic rings. The van der Waals surface area contributed by atoms with Gasteiger partial charge in [-0.15, -0.1) is 0 Å². The first kappa shape index (κ1) is 18.5. The topological polar surface area (TPSA) is 100 Å². The van der Waals surface area contributed by atoms with Crippen molar-refractivity contribution >= 4 is 16.0 Å². The van der Waals surface area contributed by atoms with E-state index < -0.39 is 16.0 Å². The second-order valence-corrected chi connectivity index (χ2v) is 8.58. The molecule has 1 aromatic heterocycles. The van der Waals surface area contributed by atoms with Crippen LogP contribution in [0.2, 0.25) is 0 Å². The number of carboxylic acids is 1. The lowest BCUT2D eigenvalue weighted by atomic mass is 9.98. The second-order valence-electron chi connectivity index (χ2n) is 6.60. The monoisotopic (exact) mass is 375 g/mol. The van der Waals surface area contributed by atoms with Crippen molar-refractivity contribution in [2.75, 3.05) is 19.3 Å². The van der Waals surface area contributed by atoms with Crippen LogP contribution in [0, 0.1) is 6.92 Å². The second kappa shape index (κ2) is 7.13. The van der Waals surface area contributed by atoms with Crippen molar-refractivity contribution < 1.29 is 18.3 Å². The van der Waals surface area contributed by atoms with Crippen LogP contribution in [0.1, 0.15) is 40.6 Å². The highest BCUT2D eigenvalue weighted by molar-refractivity contribution is 7.88. The predicted molar refractivity (Wildman–Crippen MR) is 97.6 cm³/mol. The largest absolute Gasteiger partial charge is 0.478 e. The van der Waals surface area contributed by atoms with Crippen molar-refractivity contribution in [2.24, 2.45) is 0 Å². The summed E-state index contributed by atoms with van der Waals surface area (Å²) in [6, 6.07) is 8.41. The SMILES string of the molecule is Cc1cc(-c2cccc(C(=O)O)c2)nc(C2CCCN(S(C)(=O)=O)C2)n1. The lowest BCUT2D eigenvalue weighted by molar-refractivity contribution is 0.0697. The summed E-state index contributed by atoms with van der Waals surface area (Å²) in [6.45, 7) is 2.75. The highest BCUT2D eigenvalue weighted by Crippen LogP contribution is 2.28. The first-order chi connectivity index (χ1) is 12.2. The summed E-state index contributed by atoms with van der Waals surface area (Å²) >= 11 is 0. The van der Waals surface area contributed by atoms with E-state index in [4.69, 9.17) is 0 Å². The van der Waals surface area contributed by atoms with Crippen molar-refractivity contribution in [1.82, 2.24) is 14.3 Å². The molecule has 0 aliphatic carbocycles. The highest BCUT2D eigenvalue weighted by atomic mass is 32.2. The summed E-state index contributed by atoms with van der Waals surface area (Å²) in [7, 11) is -3.24. The molecule has 2 aromatic rings. The van der Waals surface area contributed by atoms with Crippen LogP contribution in [0.25, 0.3) is 11.3 Å². The first-order valence-electron chi connectivity index (χ1n) is 8.38. The number of rotatable bonds is 4. The van der Waals surface area contributed by atoms with Crippen LogP contribution < -0.4 is 0 Å². The van der Waals surface area contributed by atoms with Crippen LogP contribution in [0.15, 0.2) is 30.3 Å². The zero-order chi connectivity index (χ0) is 18.9. The number of piperidine rings is 1. The third-order valence-electron chi connectivity index (χ3n) is 4.50. The quantitative estimate of drug-likeness (QED) is 0.880. The maximum Gasteiger partial charge on any atom is 0.335 e. The van der Waals surface area contributed by atoms with Gasteiger partial charge in [0.05, 0.1) is 17.5 Å². The number of benzene rings is 1. The average molecular weight is 375 g/mol. The van der Waals surface area contributed by atoms with Crippen LogP contribution in [0.4, 0.5) is 0 Å². The van der Waals surface area contributed by atoms with Crippen molar-refractivity contribution in [3.05, 3.63) is 47.4 Å². The highest BCUT2D eigenvalue weighted by Gasteiger charge is 2.28. The molecule has 8 heteroatoms. The molecule has 138 valence electrons. The van der Waals surface area contributed by atoms with E-state index in [1.165, 1.54) is 16.6 Å². The maximum absolute atomic E-state index is 11.8. The minimum absolute atomic E-state index is 0.0696. The Balaban J connectivity index is 1.95. The van der Waals surface area contributed by atoms with E-state index in [9.17, 15) is 18.3 Å². The van der Waals surface area contributed by atoms with Gasteiger partial charge in [-0.1, -0.05) is 12.1 Å². The Hall–Kier alpha value is -2.32. The molecular weight excluding hydrogens is 354 g/mol. The Morgan fingerprint density at radius 1 is 1.27 bits per heavy atom. The fraction of sp³-hybridized carbons (Fsp3) is 0.389. The first-order valence-corrected chi connectivity index (χ1v) is 10.2. The molecule has 1 unspecified atom stereocenters. The van der Waals surface area contributed by atoms with Gasteiger partial charge in [0.15, 0.2) is 0 Å². The number of hydrogen-bond donors (Lipinski definition) is 1. The number of nitrogens with zero attached hydrogens (tertiary/aromatic N) is 3. The zero-order valence-electron chi connectivity index (χ0n) is 14.7. The summed E-state index contributed by atoms with van der Waals surface area (Å²) in [5, 5.41) is 9.18. The summed E-state index contributed by atoms with van der Waals surface area (Å²) in [6.07, 6.45) is 2.80. The fourth-order valence-corrected chi connectivity index (χ4v) is 4.10. The van der Waals surface area contributed by atoms with Gasteiger partial charge in [0.25, 0.3) is 0 Å². The maximum atomic E-state index is 11.8. The Kier molecular flexibility index (Phi) is 5.06. The summed E-state index contributed by atoms with van der Waals surface area (Å²) in [4.78, 5) is 20.3. The molecule has 1 N–H and O–H groups in total. The van der Waals surface area contributed by atoms with Gasteiger partial charge < -0.3 is 5.11 Å². The van der Waals surface area contributed by atoms with Crippen LogP contribution in [0.5, 0.6) is 0 Å². The smallest absolute Gasteiger partial charge is 0.335 e. The minimum Gasteiger partial charge on any atom is -0.478 e. The Bertz CT molecular complexity index is 943. The molecule has 0 spiro atoms. The van der Waals surface area contributed by atoms with Crippen molar-refractivity contribution in [3.63, 3.8) is 0 Å². The Labute approximate surface area is 152 Å². The van der Waals surface area contributed by atoms with Gasteiger partial charge in [0.2, 0.25) is 10.0 Å². The molecule has 1 fully saturated rings. The molecule has 7 nitrogen and oxygen atoms in total. The van der Waals surface area contributed by atoms with Gasteiger partial charge in [0.1, 0.15) is 5.82 Å². The lowest BCUT2D eigenvalue weighted by Crippen LogP contribution is -2.38.